The third-order valence-corrected chi connectivity index (χ3v) is 15.7. The highest BCUT2D eigenvalue weighted by molar-refractivity contribution is 6.47. The third kappa shape index (κ3) is 14.4. The van der Waals surface area contributed by atoms with Crippen LogP contribution in [0.4, 0.5) is 4.79 Å². The molecule has 0 spiro atoms. The van der Waals surface area contributed by atoms with Crippen molar-refractivity contribution in [1.29, 1.82) is 0 Å². The van der Waals surface area contributed by atoms with E-state index in [1.165, 1.54) is 5.56 Å². The minimum absolute atomic E-state index is 0.0100. The Morgan fingerprint density at radius 3 is 2.29 bits per heavy atom. The monoisotopic (exact) mass is 968 g/mol. The molecule has 7 rings (SSSR count). The number of nitrogens with one attached hydrogen (secondary N) is 3. The van der Waals surface area contributed by atoms with Crippen LogP contribution in [-0.2, 0) is 44.4 Å². The van der Waals surface area contributed by atoms with Crippen LogP contribution in [0.15, 0.2) is 48.5 Å². The third-order valence-electron chi connectivity index (χ3n) is 15.7. The predicted molar refractivity (Wildman–Crippen MR) is 272 cm³/mol. The van der Waals surface area contributed by atoms with Crippen LogP contribution in [0.1, 0.15) is 168 Å². The molecule has 2 aromatic rings. The minimum Gasteiger partial charge on any atom is -0.444 e. The molecule has 0 aromatic heterocycles. The molecule has 1 unspecified atom stereocenters. The first kappa shape index (κ1) is 54.9. The quantitative estimate of drug-likeness (QED) is 0.0741. The molecule has 70 heavy (non-hydrogen) atoms. The van der Waals surface area contributed by atoms with Crippen molar-refractivity contribution in [2.24, 2.45) is 29.1 Å². The molecule has 3 saturated carbocycles. The van der Waals surface area contributed by atoms with E-state index in [2.05, 4.69) is 67.9 Å². The van der Waals surface area contributed by atoms with Crippen LogP contribution in [0.2, 0.25) is 5.82 Å². The first-order chi connectivity index (χ1) is 33.2. The molecular formula is C56H82BN3O10. The molecule has 2 aliphatic heterocycles. The van der Waals surface area contributed by atoms with Gasteiger partial charge >= 0.3 is 13.2 Å². The smallest absolute Gasteiger partial charge is 0.444 e. The van der Waals surface area contributed by atoms with Gasteiger partial charge < -0.3 is 34.7 Å². The summed E-state index contributed by atoms with van der Waals surface area (Å²) in [6.07, 6.45) is 8.72. The van der Waals surface area contributed by atoms with Crippen LogP contribution in [-0.4, -0.2) is 91.5 Å². The van der Waals surface area contributed by atoms with Crippen molar-refractivity contribution in [2.75, 3.05) is 19.8 Å². The van der Waals surface area contributed by atoms with Crippen LogP contribution >= 0.6 is 0 Å². The van der Waals surface area contributed by atoms with Gasteiger partial charge in [0.05, 0.1) is 24.4 Å². The van der Waals surface area contributed by atoms with Crippen molar-refractivity contribution in [3.8, 4) is 11.1 Å². The molecule has 2 heterocycles. The summed E-state index contributed by atoms with van der Waals surface area (Å²) in [5.41, 5.74) is 2.98. The lowest BCUT2D eigenvalue weighted by Gasteiger charge is -2.64. The molecule has 13 nitrogen and oxygen atoms in total. The molecule has 2 aromatic carbocycles. The SMILES string of the molecule is CCCCc1ccc(-c2ccc(C(=O)C[C@@H](CCCCNC(=O)OC(C)(C)C)C(=O)N[C@H]3COCCCCC[C@@H](C(=O)C[C@@H](C)B4OC5C[C@@H]6C[C@@H](C6(C)C)[C@]5(C)O4)NC(=O)[C@H](C)CC3=O)cc2)cc1. The number of rotatable bonds is 18. The van der Waals surface area contributed by atoms with Gasteiger partial charge in [0.25, 0.3) is 0 Å². The number of benzene rings is 2. The lowest BCUT2D eigenvalue weighted by Crippen LogP contribution is -2.65. The van der Waals surface area contributed by atoms with Gasteiger partial charge in [-0.3, -0.25) is 24.0 Å². The lowest BCUT2D eigenvalue weighted by atomic mass is 9.43. The fraction of sp³-hybridized carbons (Fsp3) is 0.679. The van der Waals surface area contributed by atoms with Crippen LogP contribution < -0.4 is 16.0 Å². The van der Waals surface area contributed by atoms with Crippen molar-refractivity contribution >= 4 is 42.4 Å². The molecule has 3 amide bonds. The van der Waals surface area contributed by atoms with Gasteiger partial charge in [-0.1, -0.05) is 109 Å². The largest absolute Gasteiger partial charge is 0.461 e. The summed E-state index contributed by atoms with van der Waals surface area (Å²) in [6.45, 7) is 18.6. The van der Waals surface area contributed by atoms with Crippen LogP contribution in [0.25, 0.3) is 11.1 Å². The van der Waals surface area contributed by atoms with Gasteiger partial charge in [0.15, 0.2) is 17.3 Å². The molecule has 9 atom stereocenters. The van der Waals surface area contributed by atoms with E-state index in [1.807, 2.05) is 19.1 Å². The fourth-order valence-corrected chi connectivity index (χ4v) is 11.1. The molecule has 3 aliphatic carbocycles. The maximum Gasteiger partial charge on any atom is 0.461 e. The molecule has 0 radical (unpaired) electrons. The highest BCUT2D eigenvalue weighted by Crippen LogP contribution is 2.66. The average Bonchev–Trinajstić information content (AvgIpc) is 3.68. The first-order valence-electron chi connectivity index (χ1n) is 26.4. The van der Waals surface area contributed by atoms with Gasteiger partial charge in [-0.2, -0.15) is 0 Å². The van der Waals surface area contributed by atoms with E-state index in [9.17, 15) is 28.8 Å². The summed E-state index contributed by atoms with van der Waals surface area (Å²) in [7, 11) is -0.501. The van der Waals surface area contributed by atoms with E-state index in [-0.39, 0.29) is 66.2 Å². The standard InChI is InChI=1S/C56H82BN3O10/c1-10-11-17-38-20-22-39(23-21-38)40-24-26-41(27-25-40)46(61)32-42(18-14-15-28-58-53(66)68-54(4,5)6)52(65)60-45-35-67-29-16-12-13-19-44(59-51(64)36(2)30-47(45)62)48(63)31-37(3)57-69-50-34-43-33-49(55(43,7)8)56(50,9)70-57/h20-27,36-37,42-45,49-50H,10-19,28-35H2,1-9H3,(H,58,66)(H,59,64)(H,60,65)/t36-,37-,42-,43+,44+,45+,49+,50?,56+/m1/s1. The zero-order valence-electron chi connectivity index (χ0n) is 43.6. The Morgan fingerprint density at radius 2 is 1.61 bits per heavy atom. The number of hydrogen-bond acceptors (Lipinski definition) is 10. The van der Waals surface area contributed by atoms with E-state index in [0.29, 0.717) is 69.1 Å². The summed E-state index contributed by atoms with van der Waals surface area (Å²) >= 11 is 0. The first-order valence-corrected chi connectivity index (χ1v) is 26.4. The molecule has 14 heteroatoms. The summed E-state index contributed by atoms with van der Waals surface area (Å²) in [5, 5.41) is 8.66. The number of unbranched alkanes of at least 4 members (excludes halogenated alkanes) is 2. The molecule has 3 N–H and O–H groups in total. The van der Waals surface area contributed by atoms with E-state index in [4.69, 9.17) is 18.8 Å². The summed E-state index contributed by atoms with van der Waals surface area (Å²) < 4.78 is 24.5. The Hall–Kier alpha value is -4.40. The van der Waals surface area contributed by atoms with E-state index < -0.39 is 54.5 Å². The second kappa shape index (κ2) is 24.3. The van der Waals surface area contributed by atoms with Crippen molar-refractivity contribution in [2.45, 2.75) is 194 Å². The number of ketones is 3. The Balaban J connectivity index is 1.07. The number of ether oxygens (including phenoxy) is 2. The minimum atomic E-state index is -1.06. The van der Waals surface area contributed by atoms with Crippen molar-refractivity contribution in [1.82, 2.24) is 16.0 Å². The topological polar surface area (TPSA) is 175 Å². The van der Waals surface area contributed by atoms with Gasteiger partial charge in [0.2, 0.25) is 11.8 Å². The fourth-order valence-electron chi connectivity index (χ4n) is 11.1. The van der Waals surface area contributed by atoms with Crippen molar-refractivity contribution < 1.29 is 47.5 Å². The molecular weight excluding hydrogens is 885 g/mol. The number of carbonyl (C=O) groups is 6. The van der Waals surface area contributed by atoms with E-state index in [0.717, 1.165) is 49.7 Å². The second-order valence-corrected chi connectivity index (χ2v) is 22.7. The Kier molecular flexibility index (Phi) is 19.1. The van der Waals surface area contributed by atoms with Crippen LogP contribution in [0.3, 0.4) is 0 Å². The summed E-state index contributed by atoms with van der Waals surface area (Å²) in [6, 6.07) is 14.1. The van der Waals surface area contributed by atoms with Gasteiger partial charge in [-0.15, -0.1) is 0 Å². The Bertz CT molecular complexity index is 2120. The Labute approximate surface area is 417 Å². The number of aryl methyl sites for hydroxylation is 1. The van der Waals surface area contributed by atoms with Crippen molar-refractivity contribution in [3.05, 3.63) is 59.7 Å². The number of Topliss-reactive ketones (excluding diaryl/α,β-unsaturated/α-hetero) is 3. The predicted octanol–water partition coefficient (Wildman–Crippen LogP) is 9.81. The van der Waals surface area contributed by atoms with Gasteiger partial charge in [-0.25, -0.2) is 4.79 Å². The zero-order chi connectivity index (χ0) is 50.8. The maximum absolute atomic E-state index is 14.2. The maximum atomic E-state index is 14.2. The van der Waals surface area contributed by atoms with E-state index >= 15 is 0 Å². The molecule has 5 aliphatic rings. The average molecular weight is 968 g/mol. The number of amides is 3. The highest BCUT2D eigenvalue weighted by Gasteiger charge is 2.68. The number of alkyl carbamates (subject to hydrolysis) is 1. The number of carbonyl (C=O) groups excluding carboxylic acids is 6. The lowest BCUT2D eigenvalue weighted by molar-refractivity contribution is -0.199. The van der Waals surface area contributed by atoms with Gasteiger partial charge in [0, 0.05) is 49.8 Å². The molecule has 2 bridgehead atoms. The van der Waals surface area contributed by atoms with Gasteiger partial charge in [0.1, 0.15) is 11.6 Å². The summed E-state index contributed by atoms with van der Waals surface area (Å²) in [4.78, 5) is 82.2. The van der Waals surface area contributed by atoms with Crippen LogP contribution in [0, 0.1) is 29.1 Å². The van der Waals surface area contributed by atoms with Crippen LogP contribution in [0.5, 0.6) is 0 Å². The Morgan fingerprint density at radius 1 is 0.914 bits per heavy atom. The van der Waals surface area contributed by atoms with Gasteiger partial charge in [-0.05, 0) is 119 Å². The zero-order valence-corrected chi connectivity index (χ0v) is 43.6. The highest BCUT2D eigenvalue weighted by atomic mass is 16.7. The normalized spacial score (nSPS) is 26.9. The second-order valence-electron chi connectivity index (χ2n) is 22.7. The molecule has 384 valence electrons. The van der Waals surface area contributed by atoms with Crippen molar-refractivity contribution in [3.63, 3.8) is 0 Å². The number of hydrogen-bond donors (Lipinski definition) is 3. The van der Waals surface area contributed by atoms with E-state index in [1.54, 1.807) is 39.8 Å². The molecule has 5 fully saturated rings. The summed E-state index contributed by atoms with van der Waals surface area (Å²) in [5.74, 6) is -2.31. The molecule has 2 saturated heterocycles.